The molecule has 286 valence electrons. The minimum Gasteiger partial charge on any atom is -0.378 e. The summed E-state index contributed by atoms with van der Waals surface area (Å²) in [4.78, 5) is 43.6. The number of anilines is 4. The number of rotatable bonds is 24. The van der Waals surface area contributed by atoms with E-state index in [0.717, 1.165) is 11.4 Å². The van der Waals surface area contributed by atoms with Gasteiger partial charge in [0.25, 0.3) is 5.91 Å². The van der Waals surface area contributed by atoms with E-state index in [0.29, 0.717) is 144 Å². The van der Waals surface area contributed by atoms with Crippen molar-refractivity contribution in [3.05, 3.63) is 51.7 Å². The van der Waals surface area contributed by atoms with E-state index in [1.807, 2.05) is 32.0 Å². The number of nitrogens with one attached hydrogen (secondary N) is 3. The van der Waals surface area contributed by atoms with Gasteiger partial charge in [-0.2, -0.15) is 0 Å². The van der Waals surface area contributed by atoms with Crippen LogP contribution in [0.15, 0.2) is 30.5 Å². The zero-order valence-electron chi connectivity index (χ0n) is 29.9. The van der Waals surface area contributed by atoms with E-state index in [9.17, 15) is 9.59 Å². The molecule has 18 heteroatoms. The largest absolute Gasteiger partial charge is 0.378 e. The normalized spacial score (nSPS) is 13.3. The van der Waals surface area contributed by atoms with Gasteiger partial charge in [-0.3, -0.25) is 14.5 Å². The van der Waals surface area contributed by atoms with E-state index in [1.165, 1.54) is 17.5 Å². The number of nitrogens with zero attached hydrogens (tertiary/aromatic N) is 5. The van der Waals surface area contributed by atoms with Crippen molar-refractivity contribution in [3.8, 4) is 0 Å². The van der Waals surface area contributed by atoms with Crippen LogP contribution in [0.25, 0.3) is 0 Å². The summed E-state index contributed by atoms with van der Waals surface area (Å²) in [5, 5.41) is 10.00. The van der Waals surface area contributed by atoms with Crippen LogP contribution in [-0.4, -0.2) is 144 Å². The van der Waals surface area contributed by atoms with Crippen LogP contribution in [0.3, 0.4) is 0 Å². The van der Waals surface area contributed by atoms with Crippen molar-refractivity contribution in [3.63, 3.8) is 0 Å². The molecule has 1 saturated heterocycles. The van der Waals surface area contributed by atoms with Gasteiger partial charge in [-0.1, -0.05) is 35.1 Å². The predicted molar refractivity (Wildman–Crippen MR) is 201 cm³/mol. The number of para-hydroxylation sites is 1. The smallest absolute Gasteiger partial charge is 0.267 e. The first-order valence-corrected chi connectivity index (χ1v) is 18.5. The maximum absolute atomic E-state index is 12.9. The molecule has 2 amide bonds. The molecule has 52 heavy (non-hydrogen) atoms. The van der Waals surface area contributed by atoms with Gasteiger partial charge in [0.15, 0.2) is 5.13 Å². The topological polar surface area (TPSA) is 188 Å². The Morgan fingerprint density at radius 1 is 0.885 bits per heavy atom. The lowest BCUT2D eigenvalue weighted by Gasteiger charge is -2.35. The van der Waals surface area contributed by atoms with E-state index in [2.05, 4.69) is 40.7 Å². The minimum atomic E-state index is -0.291. The van der Waals surface area contributed by atoms with Crippen molar-refractivity contribution in [2.45, 2.75) is 13.8 Å². The molecule has 0 atom stereocenters. The van der Waals surface area contributed by atoms with Crippen LogP contribution < -0.4 is 26.6 Å². The number of benzene rings is 1. The number of halogens is 1. The number of aryl methyl sites for hydroxylation is 2. The summed E-state index contributed by atoms with van der Waals surface area (Å²) in [5.41, 5.74) is 6.80. The Kier molecular flexibility index (Phi) is 18.4. The number of nitrogens with two attached hydrogens (primary N) is 1. The number of piperazine rings is 1. The zero-order chi connectivity index (χ0) is 37.0. The number of thiazole rings is 1. The summed E-state index contributed by atoms with van der Waals surface area (Å²) in [6.45, 7) is 12.7. The number of aromatic nitrogens is 3. The SMILES string of the molecule is Cc1nc(Nc2ncc(C(=O)Nc3c(C)cccc3Cl)s2)cc(N2CCN(CC(=O)NCCOCCOCCOCCOCCOCCN)CC2)n1. The van der Waals surface area contributed by atoms with Gasteiger partial charge in [0, 0.05) is 45.3 Å². The van der Waals surface area contributed by atoms with Gasteiger partial charge in [0.05, 0.1) is 89.5 Å². The summed E-state index contributed by atoms with van der Waals surface area (Å²) in [6.07, 6.45) is 1.52. The first kappa shape index (κ1) is 41.2. The fourth-order valence-corrected chi connectivity index (χ4v) is 6.00. The van der Waals surface area contributed by atoms with Crippen molar-refractivity contribution < 1.29 is 33.3 Å². The third-order valence-electron chi connectivity index (χ3n) is 7.63. The number of carbonyl (C=O) groups excluding carboxylic acids is 2. The van der Waals surface area contributed by atoms with Gasteiger partial charge in [0.1, 0.15) is 22.3 Å². The molecule has 0 aliphatic carbocycles. The van der Waals surface area contributed by atoms with Crippen LogP contribution in [0.2, 0.25) is 5.02 Å². The van der Waals surface area contributed by atoms with Crippen molar-refractivity contribution >= 4 is 57.2 Å². The average molecular weight is 764 g/mol. The molecule has 1 aliphatic heterocycles. The molecule has 4 rings (SSSR count). The molecular formula is C34H50ClN9O7S. The summed E-state index contributed by atoms with van der Waals surface area (Å²) in [6, 6.07) is 7.32. The highest BCUT2D eigenvalue weighted by molar-refractivity contribution is 7.17. The molecule has 1 fully saturated rings. The zero-order valence-corrected chi connectivity index (χ0v) is 31.4. The van der Waals surface area contributed by atoms with Gasteiger partial charge >= 0.3 is 0 Å². The highest BCUT2D eigenvalue weighted by Crippen LogP contribution is 2.28. The first-order chi connectivity index (χ1) is 25.3. The van der Waals surface area contributed by atoms with Gasteiger partial charge in [-0.25, -0.2) is 15.0 Å². The van der Waals surface area contributed by atoms with E-state index in [1.54, 1.807) is 6.07 Å². The predicted octanol–water partition coefficient (Wildman–Crippen LogP) is 2.48. The minimum absolute atomic E-state index is 0.0413. The second-order valence-corrected chi connectivity index (χ2v) is 13.1. The molecule has 0 unspecified atom stereocenters. The number of amides is 2. The van der Waals surface area contributed by atoms with Gasteiger partial charge in [-0.05, 0) is 25.5 Å². The molecule has 16 nitrogen and oxygen atoms in total. The molecule has 1 aromatic carbocycles. The molecule has 3 aromatic rings. The highest BCUT2D eigenvalue weighted by atomic mass is 35.5. The fourth-order valence-electron chi connectivity index (χ4n) is 5.01. The van der Waals surface area contributed by atoms with Crippen LogP contribution in [0, 0.1) is 13.8 Å². The lowest BCUT2D eigenvalue weighted by atomic mass is 10.2. The fraction of sp³-hybridized carbons (Fsp3) is 0.559. The van der Waals surface area contributed by atoms with Crippen LogP contribution in [0.5, 0.6) is 0 Å². The van der Waals surface area contributed by atoms with E-state index >= 15 is 0 Å². The van der Waals surface area contributed by atoms with Gasteiger partial charge in [0.2, 0.25) is 5.91 Å². The Hall–Kier alpha value is -3.52. The molecule has 0 bridgehead atoms. The number of ether oxygens (including phenoxy) is 5. The van der Waals surface area contributed by atoms with Crippen LogP contribution in [-0.2, 0) is 28.5 Å². The van der Waals surface area contributed by atoms with Crippen molar-refractivity contribution in [1.82, 2.24) is 25.2 Å². The Labute approximate surface area is 313 Å². The summed E-state index contributed by atoms with van der Waals surface area (Å²) < 4.78 is 27.1. The number of hydrogen-bond donors (Lipinski definition) is 4. The summed E-state index contributed by atoms with van der Waals surface area (Å²) in [7, 11) is 0. The van der Waals surface area contributed by atoms with E-state index < -0.39 is 0 Å². The maximum atomic E-state index is 12.9. The molecule has 5 N–H and O–H groups in total. The van der Waals surface area contributed by atoms with Crippen molar-refractivity contribution in [2.24, 2.45) is 5.73 Å². The standard InChI is InChI=1S/C34H50ClN9O7S/c1-25-4-3-5-27(35)32(25)42-33(46)28-23-38-34(52-28)41-29-22-30(40-26(2)39-29)44-10-8-43(9-11-44)24-31(45)37-7-13-48-15-17-50-19-21-51-20-18-49-16-14-47-12-6-36/h3-5,22-23H,6-21,24,36H2,1-2H3,(H,37,45)(H,42,46)(H,38,39,40,41). The number of carbonyl (C=O) groups is 2. The molecule has 0 saturated carbocycles. The summed E-state index contributed by atoms with van der Waals surface area (Å²) >= 11 is 7.48. The highest BCUT2D eigenvalue weighted by Gasteiger charge is 2.21. The number of hydrogen-bond acceptors (Lipinski definition) is 15. The Morgan fingerprint density at radius 3 is 2.15 bits per heavy atom. The molecule has 0 radical (unpaired) electrons. The Balaban J connectivity index is 1.06. The molecule has 2 aromatic heterocycles. The molecule has 1 aliphatic rings. The maximum Gasteiger partial charge on any atom is 0.267 e. The third-order valence-corrected chi connectivity index (χ3v) is 8.86. The van der Waals surface area contributed by atoms with Gasteiger partial charge in [-0.15, -0.1) is 0 Å². The Morgan fingerprint density at radius 2 is 1.52 bits per heavy atom. The third kappa shape index (κ3) is 14.8. The molecular weight excluding hydrogens is 714 g/mol. The first-order valence-electron chi connectivity index (χ1n) is 17.3. The second-order valence-electron chi connectivity index (χ2n) is 11.7. The monoisotopic (exact) mass is 763 g/mol. The Bertz CT molecular complexity index is 1510. The van der Waals surface area contributed by atoms with Crippen LogP contribution in [0.4, 0.5) is 22.5 Å². The van der Waals surface area contributed by atoms with Crippen molar-refractivity contribution in [2.75, 3.05) is 127 Å². The second kappa shape index (κ2) is 23.2. The molecule has 3 heterocycles. The van der Waals surface area contributed by atoms with E-state index in [4.69, 9.17) is 41.0 Å². The summed E-state index contributed by atoms with van der Waals surface area (Å²) in [5.74, 6) is 1.63. The average Bonchev–Trinajstić information content (AvgIpc) is 3.60. The van der Waals surface area contributed by atoms with Crippen molar-refractivity contribution in [1.29, 1.82) is 0 Å². The van der Waals surface area contributed by atoms with Gasteiger partial charge < -0.3 is 50.3 Å². The van der Waals surface area contributed by atoms with Crippen LogP contribution >= 0.6 is 22.9 Å². The lowest BCUT2D eigenvalue weighted by Crippen LogP contribution is -2.50. The van der Waals surface area contributed by atoms with Crippen LogP contribution in [0.1, 0.15) is 21.1 Å². The lowest BCUT2D eigenvalue weighted by molar-refractivity contribution is -0.122. The quantitative estimate of drug-likeness (QED) is 0.0975. The van der Waals surface area contributed by atoms with E-state index in [-0.39, 0.29) is 11.8 Å². The molecule has 0 spiro atoms.